The van der Waals surface area contributed by atoms with E-state index in [2.05, 4.69) is 26.0 Å². The van der Waals surface area contributed by atoms with E-state index in [4.69, 9.17) is 0 Å². The Kier molecular flexibility index (Phi) is 6.58. The highest BCUT2D eigenvalue weighted by Crippen LogP contribution is 2.15. The lowest BCUT2D eigenvalue weighted by Crippen LogP contribution is -2.51. The van der Waals surface area contributed by atoms with E-state index in [0.29, 0.717) is 11.4 Å². The standard InChI is InChI=1S/C16H24N4O4/c1-10(13(21)20-16(2,3)4)17-14(22)18-11-7-6-8-12(9-11)19-15(23)24-5/h6-10H,1-5H3,(H,19,23)(H,20,21)(H2,17,18,22). The van der Waals surface area contributed by atoms with Crippen LogP contribution in [-0.4, -0.2) is 36.7 Å². The largest absolute Gasteiger partial charge is 0.453 e. The van der Waals surface area contributed by atoms with Crippen molar-refractivity contribution >= 4 is 29.4 Å². The summed E-state index contributed by atoms with van der Waals surface area (Å²) in [7, 11) is 1.26. The second-order valence-electron chi connectivity index (χ2n) is 6.26. The van der Waals surface area contributed by atoms with Crippen LogP contribution in [-0.2, 0) is 9.53 Å². The van der Waals surface area contributed by atoms with Gasteiger partial charge < -0.3 is 20.7 Å². The molecule has 1 aromatic carbocycles. The first-order chi connectivity index (χ1) is 11.1. The van der Waals surface area contributed by atoms with Crippen molar-refractivity contribution in [2.75, 3.05) is 17.7 Å². The highest BCUT2D eigenvalue weighted by atomic mass is 16.5. The number of carbonyl (C=O) groups excluding carboxylic acids is 3. The van der Waals surface area contributed by atoms with E-state index in [9.17, 15) is 14.4 Å². The summed E-state index contributed by atoms with van der Waals surface area (Å²) in [5, 5.41) is 10.4. The molecule has 0 heterocycles. The monoisotopic (exact) mass is 336 g/mol. The van der Waals surface area contributed by atoms with Crippen molar-refractivity contribution in [3.05, 3.63) is 24.3 Å². The van der Waals surface area contributed by atoms with Gasteiger partial charge in [0.25, 0.3) is 0 Å². The Morgan fingerprint density at radius 2 is 1.67 bits per heavy atom. The van der Waals surface area contributed by atoms with E-state index in [1.165, 1.54) is 7.11 Å². The van der Waals surface area contributed by atoms with Gasteiger partial charge in [-0.1, -0.05) is 6.07 Å². The SMILES string of the molecule is COC(=O)Nc1cccc(NC(=O)NC(C)C(=O)NC(C)(C)C)c1. The molecule has 0 spiro atoms. The molecule has 0 saturated heterocycles. The summed E-state index contributed by atoms with van der Waals surface area (Å²) in [6, 6.07) is 5.32. The van der Waals surface area contributed by atoms with Crippen LogP contribution < -0.4 is 21.3 Å². The molecule has 0 aromatic heterocycles. The molecule has 0 aliphatic heterocycles. The molecule has 0 radical (unpaired) electrons. The molecule has 8 heteroatoms. The van der Waals surface area contributed by atoms with Crippen LogP contribution in [0, 0.1) is 0 Å². The smallest absolute Gasteiger partial charge is 0.411 e. The number of benzene rings is 1. The van der Waals surface area contributed by atoms with Gasteiger partial charge in [-0.05, 0) is 45.9 Å². The summed E-state index contributed by atoms with van der Waals surface area (Å²) in [5.74, 6) is -0.279. The highest BCUT2D eigenvalue weighted by molar-refractivity contribution is 5.94. The third kappa shape index (κ3) is 6.99. The lowest BCUT2D eigenvalue weighted by Gasteiger charge is -2.23. The van der Waals surface area contributed by atoms with Gasteiger partial charge in [-0.2, -0.15) is 0 Å². The van der Waals surface area contributed by atoms with Gasteiger partial charge in [-0.15, -0.1) is 0 Å². The minimum atomic E-state index is -0.694. The molecular formula is C16H24N4O4. The van der Waals surface area contributed by atoms with Gasteiger partial charge in [0.1, 0.15) is 6.04 Å². The van der Waals surface area contributed by atoms with Crippen molar-refractivity contribution in [1.29, 1.82) is 0 Å². The molecule has 1 rings (SSSR count). The van der Waals surface area contributed by atoms with Gasteiger partial charge in [0.2, 0.25) is 5.91 Å². The van der Waals surface area contributed by atoms with Crippen molar-refractivity contribution in [3.8, 4) is 0 Å². The Morgan fingerprint density at radius 1 is 1.08 bits per heavy atom. The summed E-state index contributed by atoms with van der Waals surface area (Å²) >= 11 is 0. The second kappa shape index (κ2) is 8.19. The zero-order valence-corrected chi connectivity index (χ0v) is 14.5. The average molecular weight is 336 g/mol. The molecule has 24 heavy (non-hydrogen) atoms. The third-order valence-electron chi connectivity index (χ3n) is 2.79. The first-order valence-corrected chi connectivity index (χ1v) is 7.45. The van der Waals surface area contributed by atoms with Crippen molar-refractivity contribution in [2.45, 2.75) is 39.3 Å². The van der Waals surface area contributed by atoms with Gasteiger partial charge in [0, 0.05) is 16.9 Å². The van der Waals surface area contributed by atoms with Crippen molar-refractivity contribution in [3.63, 3.8) is 0 Å². The Balaban J connectivity index is 2.60. The quantitative estimate of drug-likeness (QED) is 0.676. The van der Waals surface area contributed by atoms with E-state index in [1.54, 1.807) is 31.2 Å². The highest BCUT2D eigenvalue weighted by Gasteiger charge is 2.20. The van der Waals surface area contributed by atoms with Crippen LogP contribution >= 0.6 is 0 Å². The van der Waals surface area contributed by atoms with Crippen LogP contribution in [0.5, 0.6) is 0 Å². The number of carbonyl (C=O) groups is 3. The number of amides is 4. The lowest BCUT2D eigenvalue weighted by molar-refractivity contribution is -0.123. The normalized spacial score (nSPS) is 11.9. The first-order valence-electron chi connectivity index (χ1n) is 7.45. The fraction of sp³-hybridized carbons (Fsp3) is 0.438. The van der Waals surface area contributed by atoms with Gasteiger partial charge in [0.05, 0.1) is 7.11 Å². The maximum Gasteiger partial charge on any atom is 0.411 e. The number of rotatable bonds is 4. The van der Waals surface area contributed by atoms with Crippen LogP contribution in [0.3, 0.4) is 0 Å². The van der Waals surface area contributed by atoms with Crippen molar-refractivity contribution in [2.24, 2.45) is 0 Å². The number of methoxy groups -OCH3 is 1. The molecule has 4 N–H and O–H groups in total. The number of hydrogen-bond acceptors (Lipinski definition) is 4. The lowest BCUT2D eigenvalue weighted by atomic mass is 10.1. The molecule has 0 saturated carbocycles. The molecule has 0 aliphatic carbocycles. The summed E-state index contributed by atoms with van der Waals surface area (Å²) in [5.41, 5.74) is 0.556. The number of anilines is 2. The molecule has 0 bridgehead atoms. The van der Waals surface area contributed by atoms with Crippen molar-refractivity contribution < 1.29 is 19.1 Å². The van der Waals surface area contributed by atoms with E-state index >= 15 is 0 Å². The Hall–Kier alpha value is -2.77. The second-order valence-corrected chi connectivity index (χ2v) is 6.26. The predicted octanol–water partition coefficient (Wildman–Crippen LogP) is 2.29. The maximum absolute atomic E-state index is 12.0. The molecule has 1 atom stereocenters. The zero-order valence-electron chi connectivity index (χ0n) is 14.5. The summed E-state index contributed by atoms with van der Waals surface area (Å²) in [6.07, 6.45) is -0.607. The Labute approximate surface area is 141 Å². The summed E-state index contributed by atoms with van der Waals surface area (Å²) < 4.78 is 4.50. The molecule has 0 fully saturated rings. The Bertz CT molecular complexity index is 610. The molecule has 8 nitrogen and oxygen atoms in total. The summed E-state index contributed by atoms with van der Waals surface area (Å²) in [4.78, 5) is 35.1. The van der Waals surface area contributed by atoms with Gasteiger partial charge in [-0.3, -0.25) is 10.1 Å². The van der Waals surface area contributed by atoms with E-state index in [-0.39, 0.29) is 11.4 Å². The predicted molar refractivity (Wildman–Crippen MR) is 92.0 cm³/mol. The van der Waals surface area contributed by atoms with Gasteiger partial charge >= 0.3 is 12.1 Å². The minimum Gasteiger partial charge on any atom is -0.453 e. The first kappa shape index (κ1) is 19.3. The number of urea groups is 1. The fourth-order valence-corrected chi connectivity index (χ4v) is 1.75. The summed E-state index contributed by atoms with van der Waals surface area (Å²) in [6.45, 7) is 7.17. The van der Waals surface area contributed by atoms with E-state index in [0.717, 1.165) is 0 Å². The number of hydrogen-bond donors (Lipinski definition) is 4. The molecule has 0 aliphatic rings. The maximum atomic E-state index is 12.0. The average Bonchev–Trinajstić information content (AvgIpc) is 2.45. The van der Waals surface area contributed by atoms with Crippen LogP contribution in [0.25, 0.3) is 0 Å². The molecule has 132 valence electrons. The minimum absolute atomic E-state index is 0.279. The van der Waals surface area contributed by atoms with Crippen LogP contribution in [0.15, 0.2) is 24.3 Å². The van der Waals surface area contributed by atoms with Gasteiger partial charge in [-0.25, -0.2) is 9.59 Å². The van der Waals surface area contributed by atoms with Crippen LogP contribution in [0.4, 0.5) is 21.0 Å². The topological polar surface area (TPSA) is 109 Å². The molecule has 4 amide bonds. The van der Waals surface area contributed by atoms with Crippen LogP contribution in [0.1, 0.15) is 27.7 Å². The molecule has 1 aromatic rings. The van der Waals surface area contributed by atoms with E-state index in [1.807, 2.05) is 20.8 Å². The van der Waals surface area contributed by atoms with E-state index < -0.39 is 18.2 Å². The fourth-order valence-electron chi connectivity index (χ4n) is 1.75. The van der Waals surface area contributed by atoms with Crippen molar-refractivity contribution in [1.82, 2.24) is 10.6 Å². The molecular weight excluding hydrogens is 312 g/mol. The van der Waals surface area contributed by atoms with Gasteiger partial charge in [0.15, 0.2) is 0 Å². The van der Waals surface area contributed by atoms with Crippen LogP contribution in [0.2, 0.25) is 0 Å². The number of nitrogens with one attached hydrogen (secondary N) is 4. The Morgan fingerprint density at radius 3 is 2.21 bits per heavy atom. The molecule has 1 unspecified atom stereocenters. The number of ether oxygens (including phenoxy) is 1. The third-order valence-corrected chi connectivity index (χ3v) is 2.79. The zero-order chi connectivity index (χ0) is 18.3.